The lowest BCUT2D eigenvalue weighted by Crippen LogP contribution is -2.47. The molecule has 0 spiro atoms. The first-order valence-electron chi connectivity index (χ1n) is 10.1. The minimum atomic E-state index is -0.996. The van der Waals surface area contributed by atoms with Gasteiger partial charge in [0.1, 0.15) is 6.04 Å². The highest BCUT2D eigenvalue weighted by Crippen LogP contribution is 2.17. The molecule has 30 heavy (non-hydrogen) atoms. The molecular formula is C24H30N2O4. The monoisotopic (exact) mass is 410 g/mol. The van der Waals surface area contributed by atoms with Gasteiger partial charge in [0.15, 0.2) is 6.10 Å². The average molecular weight is 411 g/mol. The Bertz CT molecular complexity index is 893. The lowest BCUT2D eigenvalue weighted by atomic mass is 10.0. The maximum Gasteiger partial charge on any atom is 0.329 e. The first kappa shape index (κ1) is 23.1. The van der Waals surface area contributed by atoms with Gasteiger partial charge in [-0.2, -0.15) is 0 Å². The third kappa shape index (κ3) is 6.72. The fourth-order valence-electron chi connectivity index (χ4n) is 2.91. The molecule has 0 saturated carbocycles. The topological polar surface area (TPSA) is 84.5 Å². The van der Waals surface area contributed by atoms with Crippen molar-refractivity contribution < 1.29 is 19.1 Å². The lowest BCUT2D eigenvalue weighted by Gasteiger charge is -2.23. The molecule has 6 heteroatoms. The number of nitrogens with one attached hydrogen (secondary N) is 2. The molecule has 2 aromatic carbocycles. The summed E-state index contributed by atoms with van der Waals surface area (Å²) in [5.74, 6) is -1.51. The largest absolute Gasteiger partial charge is 0.451 e. The number of amides is 2. The van der Waals surface area contributed by atoms with Crippen molar-refractivity contribution in [2.24, 2.45) is 5.92 Å². The van der Waals surface area contributed by atoms with Crippen LogP contribution < -0.4 is 10.6 Å². The van der Waals surface area contributed by atoms with Crippen molar-refractivity contribution in [1.82, 2.24) is 5.32 Å². The maximum atomic E-state index is 12.6. The van der Waals surface area contributed by atoms with Crippen LogP contribution in [0.1, 0.15) is 37.5 Å². The normalized spacial score (nSPS) is 12.7. The van der Waals surface area contributed by atoms with Crippen molar-refractivity contribution in [2.75, 3.05) is 5.32 Å². The molecular weight excluding hydrogens is 380 g/mol. The van der Waals surface area contributed by atoms with Gasteiger partial charge in [-0.3, -0.25) is 9.59 Å². The first-order chi connectivity index (χ1) is 14.2. The smallest absolute Gasteiger partial charge is 0.329 e. The molecule has 2 aromatic rings. The third-order valence-corrected chi connectivity index (χ3v) is 4.76. The first-order valence-corrected chi connectivity index (χ1v) is 10.1. The van der Waals surface area contributed by atoms with Gasteiger partial charge >= 0.3 is 5.97 Å². The summed E-state index contributed by atoms with van der Waals surface area (Å²) in [4.78, 5) is 37.5. The third-order valence-electron chi connectivity index (χ3n) is 4.76. The van der Waals surface area contributed by atoms with E-state index in [0.29, 0.717) is 5.69 Å². The van der Waals surface area contributed by atoms with Crippen LogP contribution in [0.5, 0.6) is 0 Å². The van der Waals surface area contributed by atoms with Gasteiger partial charge in [-0.15, -0.1) is 0 Å². The number of carbonyl (C=O) groups is 3. The molecule has 0 aliphatic carbocycles. The predicted molar refractivity (Wildman–Crippen MR) is 117 cm³/mol. The van der Waals surface area contributed by atoms with Crippen molar-refractivity contribution in [3.63, 3.8) is 0 Å². The van der Waals surface area contributed by atoms with Gasteiger partial charge in [0.2, 0.25) is 5.91 Å². The van der Waals surface area contributed by atoms with Gasteiger partial charge in [0.05, 0.1) is 6.42 Å². The quantitative estimate of drug-likeness (QED) is 0.652. The van der Waals surface area contributed by atoms with E-state index in [1.54, 1.807) is 0 Å². The van der Waals surface area contributed by atoms with Gasteiger partial charge < -0.3 is 15.4 Å². The van der Waals surface area contributed by atoms with Crippen LogP contribution in [0.4, 0.5) is 5.69 Å². The number of rotatable bonds is 8. The maximum absolute atomic E-state index is 12.6. The Labute approximate surface area is 178 Å². The molecule has 0 aliphatic heterocycles. The summed E-state index contributed by atoms with van der Waals surface area (Å²) >= 11 is 0. The number of hydrogen-bond acceptors (Lipinski definition) is 4. The number of ether oxygens (including phenoxy) is 1. The summed E-state index contributed by atoms with van der Waals surface area (Å²) in [5.41, 5.74) is 3.47. The highest BCUT2D eigenvalue weighted by atomic mass is 16.5. The molecule has 0 aliphatic rings. The van der Waals surface area contributed by atoms with Crippen LogP contribution in [-0.4, -0.2) is 29.9 Å². The van der Waals surface area contributed by atoms with Gasteiger partial charge in [-0.25, -0.2) is 4.79 Å². The van der Waals surface area contributed by atoms with Gasteiger partial charge in [0, 0.05) is 5.69 Å². The van der Waals surface area contributed by atoms with E-state index >= 15 is 0 Å². The van der Waals surface area contributed by atoms with E-state index in [1.807, 2.05) is 76.2 Å². The molecule has 160 valence electrons. The summed E-state index contributed by atoms with van der Waals surface area (Å²) < 4.78 is 5.36. The van der Waals surface area contributed by atoms with Crippen LogP contribution >= 0.6 is 0 Å². The van der Waals surface area contributed by atoms with Crippen LogP contribution in [0.25, 0.3) is 0 Å². The Balaban J connectivity index is 1.96. The van der Waals surface area contributed by atoms with Crippen molar-refractivity contribution in [3.05, 3.63) is 65.2 Å². The Morgan fingerprint density at radius 1 is 0.967 bits per heavy atom. The molecule has 0 saturated heterocycles. The Morgan fingerprint density at radius 2 is 1.63 bits per heavy atom. The number of anilines is 1. The highest BCUT2D eigenvalue weighted by molar-refractivity contribution is 5.96. The molecule has 0 aromatic heterocycles. The Hall–Kier alpha value is -3.15. The van der Waals surface area contributed by atoms with Crippen molar-refractivity contribution in [3.8, 4) is 0 Å². The van der Waals surface area contributed by atoms with E-state index in [2.05, 4.69) is 10.6 Å². The van der Waals surface area contributed by atoms with Crippen LogP contribution in [0.2, 0.25) is 0 Å². The highest BCUT2D eigenvalue weighted by Gasteiger charge is 2.29. The number of esters is 1. The van der Waals surface area contributed by atoms with Crippen molar-refractivity contribution in [2.45, 2.75) is 53.2 Å². The summed E-state index contributed by atoms with van der Waals surface area (Å²) in [6.07, 6.45) is -0.829. The van der Waals surface area contributed by atoms with Crippen LogP contribution in [0.3, 0.4) is 0 Å². The standard InChI is InChI=1S/C24H30N2O4/c1-15(2)22(26-21(27)14-19-9-7-6-8-10-19)24(29)30-18(5)23(28)25-20-13-16(3)11-12-17(20)4/h6-13,15,18,22H,14H2,1-5H3,(H,25,28)(H,26,27)/t18-,22-/m0/s1. The van der Waals surface area contributed by atoms with E-state index in [4.69, 9.17) is 4.74 Å². The molecule has 0 unspecified atom stereocenters. The second-order valence-electron chi connectivity index (χ2n) is 7.84. The fraction of sp³-hybridized carbons (Fsp3) is 0.375. The van der Waals surface area contributed by atoms with Crippen molar-refractivity contribution in [1.29, 1.82) is 0 Å². The Kier molecular flexibility index (Phi) is 8.16. The van der Waals surface area contributed by atoms with Gasteiger partial charge in [0.25, 0.3) is 5.91 Å². The molecule has 2 N–H and O–H groups in total. The predicted octanol–water partition coefficient (Wildman–Crippen LogP) is 3.56. The van der Waals surface area contributed by atoms with Crippen LogP contribution in [0, 0.1) is 19.8 Å². The molecule has 0 heterocycles. The molecule has 0 fully saturated rings. The minimum Gasteiger partial charge on any atom is -0.451 e. The van der Waals surface area contributed by atoms with E-state index in [-0.39, 0.29) is 18.2 Å². The van der Waals surface area contributed by atoms with E-state index in [1.165, 1.54) is 6.92 Å². The summed E-state index contributed by atoms with van der Waals surface area (Å²) in [7, 11) is 0. The second kappa shape index (κ2) is 10.6. The summed E-state index contributed by atoms with van der Waals surface area (Å²) in [5, 5.41) is 5.52. The number of aryl methyl sites for hydroxylation is 2. The molecule has 6 nitrogen and oxygen atoms in total. The molecule has 0 bridgehead atoms. The zero-order chi connectivity index (χ0) is 22.3. The number of benzene rings is 2. The fourth-order valence-corrected chi connectivity index (χ4v) is 2.91. The SMILES string of the molecule is Cc1ccc(C)c(NC(=O)[C@H](C)OC(=O)[C@@H](NC(=O)Cc2ccccc2)C(C)C)c1. The minimum absolute atomic E-state index is 0.167. The molecule has 2 atom stereocenters. The molecule has 2 rings (SSSR count). The zero-order valence-corrected chi connectivity index (χ0v) is 18.2. The van der Waals surface area contributed by atoms with E-state index in [0.717, 1.165) is 16.7 Å². The Morgan fingerprint density at radius 3 is 2.27 bits per heavy atom. The summed E-state index contributed by atoms with van der Waals surface area (Å²) in [6, 6.07) is 14.2. The molecule has 0 radical (unpaired) electrons. The number of hydrogen-bond donors (Lipinski definition) is 2. The lowest BCUT2D eigenvalue weighted by molar-refractivity contribution is -0.157. The summed E-state index contributed by atoms with van der Waals surface area (Å²) in [6.45, 7) is 8.97. The van der Waals surface area contributed by atoms with Crippen molar-refractivity contribution >= 4 is 23.5 Å². The number of carbonyl (C=O) groups excluding carboxylic acids is 3. The van der Waals surface area contributed by atoms with E-state index in [9.17, 15) is 14.4 Å². The second-order valence-corrected chi connectivity index (χ2v) is 7.84. The van der Waals surface area contributed by atoms with Crippen LogP contribution in [-0.2, 0) is 25.5 Å². The van der Waals surface area contributed by atoms with Crippen LogP contribution in [0.15, 0.2) is 48.5 Å². The van der Waals surface area contributed by atoms with Gasteiger partial charge in [-0.05, 0) is 49.4 Å². The zero-order valence-electron chi connectivity index (χ0n) is 18.2. The van der Waals surface area contributed by atoms with E-state index < -0.39 is 24.0 Å². The van der Waals surface area contributed by atoms with Gasteiger partial charge in [-0.1, -0.05) is 56.3 Å². The molecule has 2 amide bonds. The average Bonchev–Trinajstić information content (AvgIpc) is 2.69.